The van der Waals surface area contributed by atoms with Gasteiger partial charge in [-0.1, -0.05) is 13.3 Å². The van der Waals surface area contributed by atoms with E-state index >= 15 is 0 Å². The van der Waals surface area contributed by atoms with Crippen molar-refractivity contribution in [3.63, 3.8) is 0 Å². The predicted octanol–water partition coefficient (Wildman–Crippen LogP) is 3.67. The van der Waals surface area contributed by atoms with Gasteiger partial charge >= 0.3 is 0 Å². The molecule has 1 aliphatic rings. The summed E-state index contributed by atoms with van der Waals surface area (Å²) in [6.07, 6.45) is 6.46. The second-order valence-electron chi connectivity index (χ2n) is 4.62. The molecule has 1 aromatic rings. The standard InChI is InChI=1S/C13H15BrN2O/c1-9-3-2-4-11(5-9)17-13-6-10(14)8-16-12(13)7-15/h6,8-9,11H,2-5H2,1H3. The van der Waals surface area contributed by atoms with Gasteiger partial charge in [-0.05, 0) is 47.2 Å². The largest absolute Gasteiger partial charge is 0.487 e. The molecule has 2 unspecified atom stereocenters. The first kappa shape index (κ1) is 12.4. The second-order valence-corrected chi connectivity index (χ2v) is 5.54. The van der Waals surface area contributed by atoms with E-state index in [1.807, 2.05) is 6.07 Å². The van der Waals surface area contributed by atoms with Crippen LogP contribution in [0.15, 0.2) is 16.7 Å². The van der Waals surface area contributed by atoms with E-state index in [0.29, 0.717) is 17.4 Å². The lowest BCUT2D eigenvalue weighted by atomic mass is 9.89. The number of ether oxygens (including phenoxy) is 1. The maximum atomic E-state index is 8.98. The van der Waals surface area contributed by atoms with Crippen molar-refractivity contribution in [2.75, 3.05) is 0 Å². The highest BCUT2D eigenvalue weighted by Crippen LogP contribution is 2.29. The summed E-state index contributed by atoms with van der Waals surface area (Å²) in [4.78, 5) is 4.05. The van der Waals surface area contributed by atoms with Gasteiger partial charge in [0.2, 0.25) is 0 Å². The van der Waals surface area contributed by atoms with Gasteiger partial charge in [-0.2, -0.15) is 5.26 Å². The molecular weight excluding hydrogens is 280 g/mol. The zero-order valence-corrected chi connectivity index (χ0v) is 11.4. The third-order valence-corrected chi connectivity index (χ3v) is 3.54. The van der Waals surface area contributed by atoms with E-state index in [2.05, 4.69) is 33.9 Å². The molecule has 2 atom stereocenters. The van der Waals surface area contributed by atoms with E-state index in [-0.39, 0.29) is 6.10 Å². The molecule has 0 amide bonds. The summed E-state index contributed by atoms with van der Waals surface area (Å²) in [7, 11) is 0. The summed E-state index contributed by atoms with van der Waals surface area (Å²) >= 11 is 3.35. The lowest BCUT2D eigenvalue weighted by Gasteiger charge is -2.27. The van der Waals surface area contributed by atoms with Crippen LogP contribution in [0.25, 0.3) is 0 Å². The molecule has 1 aromatic heterocycles. The van der Waals surface area contributed by atoms with Gasteiger partial charge in [0.25, 0.3) is 0 Å². The zero-order valence-electron chi connectivity index (χ0n) is 9.82. The number of hydrogen-bond donors (Lipinski definition) is 0. The van der Waals surface area contributed by atoms with E-state index < -0.39 is 0 Å². The number of nitriles is 1. The molecule has 1 aliphatic carbocycles. The van der Waals surface area contributed by atoms with Gasteiger partial charge < -0.3 is 4.74 Å². The molecule has 1 fully saturated rings. The molecular formula is C13H15BrN2O. The zero-order chi connectivity index (χ0) is 12.3. The smallest absolute Gasteiger partial charge is 0.182 e. The first-order chi connectivity index (χ1) is 8.19. The summed E-state index contributed by atoms with van der Waals surface area (Å²) in [6.45, 7) is 2.25. The summed E-state index contributed by atoms with van der Waals surface area (Å²) in [5.41, 5.74) is 0.367. The minimum absolute atomic E-state index is 0.224. The normalized spacial score (nSPS) is 24.1. The first-order valence-electron chi connectivity index (χ1n) is 5.91. The van der Waals surface area contributed by atoms with Crippen LogP contribution < -0.4 is 4.74 Å². The van der Waals surface area contributed by atoms with Gasteiger partial charge in [0.05, 0.1) is 6.10 Å². The highest BCUT2D eigenvalue weighted by Gasteiger charge is 2.21. The number of hydrogen-bond acceptors (Lipinski definition) is 3. The Hall–Kier alpha value is -1.08. The van der Waals surface area contributed by atoms with Crippen molar-refractivity contribution in [2.45, 2.75) is 38.7 Å². The average molecular weight is 295 g/mol. The van der Waals surface area contributed by atoms with Gasteiger partial charge in [0.1, 0.15) is 6.07 Å². The molecule has 0 radical (unpaired) electrons. The van der Waals surface area contributed by atoms with Gasteiger partial charge in [-0.15, -0.1) is 0 Å². The van der Waals surface area contributed by atoms with Crippen LogP contribution >= 0.6 is 15.9 Å². The van der Waals surface area contributed by atoms with E-state index in [4.69, 9.17) is 10.00 Å². The van der Waals surface area contributed by atoms with E-state index in [1.54, 1.807) is 6.20 Å². The molecule has 2 rings (SSSR count). The monoisotopic (exact) mass is 294 g/mol. The molecule has 0 saturated heterocycles. The minimum atomic E-state index is 0.224. The Morgan fingerprint density at radius 2 is 2.35 bits per heavy atom. The van der Waals surface area contributed by atoms with Crippen molar-refractivity contribution in [3.05, 3.63) is 22.4 Å². The maximum Gasteiger partial charge on any atom is 0.182 e. The highest BCUT2D eigenvalue weighted by atomic mass is 79.9. The van der Waals surface area contributed by atoms with Crippen LogP contribution in [-0.4, -0.2) is 11.1 Å². The lowest BCUT2D eigenvalue weighted by molar-refractivity contribution is 0.128. The number of pyridine rings is 1. The van der Waals surface area contributed by atoms with Crippen molar-refractivity contribution in [1.82, 2.24) is 4.98 Å². The van der Waals surface area contributed by atoms with Crippen LogP contribution in [0.5, 0.6) is 5.75 Å². The molecule has 0 N–H and O–H groups in total. The molecule has 4 heteroatoms. The fraction of sp³-hybridized carbons (Fsp3) is 0.538. The first-order valence-corrected chi connectivity index (χ1v) is 6.70. The predicted molar refractivity (Wildman–Crippen MR) is 68.7 cm³/mol. The highest BCUT2D eigenvalue weighted by molar-refractivity contribution is 9.10. The number of halogens is 1. The molecule has 0 bridgehead atoms. The van der Waals surface area contributed by atoms with Crippen LogP contribution in [0.1, 0.15) is 38.3 Å². The SMILES string of the molecule is CC1CCCC(Oc2cc(Br)cnc2C#N)C1. The molecule has 3 nitrogen and oxygen atoms in total. The average Bonchev–Trinajstić information content (AvgIpc) is 2.29. The van der Waals surface area contributed by atoms with Crippen LogP contribution in [0, 0.1) is 17.2 Å². The molecule has 90 valence electrons. The number of rotatable bonds is 2. The van der Waals surface area contributed by atoms with Crippen molar-refractivity contribution >= 4 is 15.9 Å². The van der Waals surface area contributed by atoms with Gasteiger partial charge in [0, 0.05) is 10.7 Å². The molecule has 1 saturated carbocycles. The third-order valence-electron chi connectivity index (χ3n) is 3.11. The van der Waals surface area contributed by atoms with E-state index in [0.717, 1.165) is 17.3 Å². The third kappa shape index (κ3) is 3.19. The van der Waals surface area contributed by atoms with Gasteiger partial charge in [-0.25, -0.2) is 4.98 Å². The maximum absolute atomic E-state index is 8.98. The van der Waals surface area contributed by atoms with Crippen LogP contribution in [-0.2, 0) is 0 Å². The van der Waals surface area contributed by atoms with E-state index in [9.17, 15) is 0 Å². The Labute approximate surface area is 110 Å². The van der Waals surface area contributed by atoms with Gasteiger partial charge in [0.15, 0.2) is 11.4 Å². The van der Waals surface area contributed by atoms with Gasteiger partial charge in [-0.3, -0.25) is 0 Å². The van der Waals surface area contributed by atoms with Crippen molar-refractivity contribution in [1.29, 1.82) is 5.26 Å². The quantitative estimate of drug-likeness (QED) is 0.836. The Kier molecular flexibility index (Phi) is 4.01. The molecule has 17 heavy (non-hydrogen) atoms. The lowest BCUT2D eigenvalue weighted by Crippen LogP contribution is -2.24. The summed E-state index contributed by atoms with van der Waals surface area (Å²) in [6, 6.07) is 3.89. The molecule has 0 spiro atoms. The Morgan fingerprint density at radius 1 is 1.53 bits per heavy atom. The Morgan fingerprint density at radius 3 is 3.06 bits per heavy atom. The van der Waals surface area contributed by atoms with E-state index in [1.165, 1.54) is 12.8 Å². The fourth-order valence-corrected chi connectivity index (χ4v) is 2.57. The van der Waals surface area contributed by atoms with Crippen molar-refractivity contribution in [2.24, 2.45) is 5.92 Å². The summed E-state index contributed by atoms with van der Waals surface area (Å²) < 4.78 is 6.76. The molecule has 1 heterocycles. The summed E-state index contributed by atoms with van der Waals surface area (Å²) in [5.74, 6) is 1.31. The fourth-order valence-electron chi connectivity index (χ4n) is 2.26. The van der Waals surface area contributed by atoms with Crippen molar-refractivity contribution < 1.29 is 4.74 Å². The van der Waals surface area contributed by atoms with Crippen LogP contribution in [0.4, 0.5) is 0 Å². The van der Waals surface area contributed by atoms with Crippen LogP contribution in [0.2, 0.25) is 0 Å². The van der Waals surface area contributed by atoms with Crippen LogP contribution in [0.3, 0.4) is 0 Å². The Bertz CT molecular complexity index is 442. The topological polar surface area (TPSA) is 45.9 Å². The Balaban J connectivity index is 2.12. The van der Waals surface area contributed by atoms with Crippen molar-refractivity contribution in [3.8, 4) is 11.8 Å². The minimum Gasteiger partial charge on any atom is -0.487 e. The number of aromatic nitrogens is 1. The molecule has 0 aromatic carbocycles. The summed E-state index contributed by atoms with van der Waals surface area (Å²) in [5, 5.41) is 8.98. The second kappa shape index (κ2) is 5.50. The number of nitrogens with zero attached hydrogens (tertiary/aromatic N) is 2. The molecule has 0 aliphatic heterocycles.